The first-order valence-corrected chi connectivity index (χ1v) is 5.04. The highest BCUT2D eigenvalue weighted by Gasteiger charge is 2.38. The van der Waals surface area contributed by atoms with Gasteiger partial charge in [0.15, 0.2) is 6.67 Å². The van der Waals surface area contributed by atoms with Crippen LogP contribution in [-0.2, 0) is 16.1 Å². The van der Waals surface area contributed by atoms with Gasteiger partial charge in [0.1, 0.15) is 5.82 Å². The normalized spacial score (nSPS) is 10.2. The molecule has 0 aliphatic carbocycles. The summed E-state index contributed by atoms with van der Waals surface area (Å²) < 4.78 is 55.8. The number of amides is 1. The molecule has 0 bridgehead atoms. The van der Waals surface area contributed by atoms with Gasteiger partial charge in [0.25, 0.3) is 5.91 Å². The second kappa shape index (κ2) is 8.08. The van der Waals surface area contributed by atoms with Crippen molar-refractivity contribution in [1.82, 2.24) is 5.32 Å². The Morgan fingerprint density at radius 2 is 1.60 bits per heavy atom. The van der Waals surface area contributed by atoms with Crippen molar-refractivity contribution >= 4 is 11.9 Å². The van der Waals surface area contributed by atoms with Gasteiger partial charge in [-0.25, -0.2) is 13.6 Å². The number of carboxylic acids is 1. The Morgan fingerprint density at radius 1 is 1.15 bits per heavy atom. The molecule has 1 aromatic carbocycles. The van der Waals surface area contributed by atoms with Crippen LogP contribution >= 0.6 is 0 Å². The first-order chi connectivity index (χ1) is 9.16. The van der Waals surface area contributed by atoms with Gasteiger partial charge in [-0.05, 0) is 17.7 Å². The molecule has 0 unspecified atom stereocenters. The molecule has 0 saturated heterocycles. The van der Waals surface area contributed by atoms with Crippen LogP contribution in [0, 0.1) is 5.82 Å². The van der Waals surface area contributed by atoms with Crippen LogP contribution in [0.5, 0.6) is 0 Å². The van der Waals surface area contributed by atoms with E-state index in [-0.39, 0.29) is 12.4 Å². The molecule has 0 heterocycles. The monoisotopic (exact) mass is 299 g/mol. The predicted octanol–water partition coefficient (Wildman–Crippen LogP) is 2.04. The average molecular weight is 299 g/mol. The lowest BCUT2D eigenvalue weighted by atomic mass is 10.2. The Labute approximate surface area is 110 Å². The van der Waals surface area contributed by atoms with E-state index in [1.807, 2.05) is 0 Å². The molecule has 4 nitrogen and oxygen atoms in total. The Morgan fingerprint density at radius 3 is 1.95 bits per heavy atom. The molecule has 20 heavy (non-hydrogen) atoms. The second-order valence-corrected chi connectivity index (χ2v) is 3.34. The minimum atomic E-state index is -5.08. The van der Waals surface area contributed by atoms with Crippen molar-refractivity contribution in [3.8, 4) is 0 Å². The molecule has 0 spiro atoms. The molecule has 0 aromatic heterocycles. The highest BCUT2D eigenvalue weighted by Crippen LogP contribution is 2.13. The summed E-state index contributed by atoms with van der Waals surface area (Å²) in [5.41, 5.74) is 0.739. The molecule has 0 radical (unpaired) electrons. The van der Waals surface area contributed by atoms with E-state index in [4.69, 9.17) is 9.90 Å². The maximum atomic E-state index is 12.4. The molecule has 0 aliphatic heterocycles. The summed E-state index contributed by atoms with van der Waals surface area (Å²) in [6.45, 7) is -0.801. The lowest BCUT2D eigenvalue weighted by molar-refractivity contribution is -0.192. The standard InChI is InChI=1S/C9H9F2NO.C2HF3O2/c10-5-9(13)12-6-7-1-3-8(11)4-2-7;3-2(4,5)1(6)7/h1-4H,5-6H2,(H,12,13);(H,6,7). The number of carbonyl (C=O) groups is 2. The Hall–Kier alpha value is -2.19. The number of aliphatic carboxylic acids is 1. The van der Waals surface area contributed by atoms with Crippen molar-refractivity contribution in [2.24, 2.45) is 0 Å². The minimum absolute atomic E-state index is 0.225. The van der Waals surface area contributed by atoms with Crippen LogP contribution in [0.3, 0.4) is 0 Å². The van der Waals surface area contributed by atoms with Crippen LogP contribution in [0.15, 0.2) is 24.3 Å². The number of hydrogen-bond donors (Lipinski definition) is 2. The smallest absolute Gasteiger partial charge is 0.475 e. The summed E-state index contributed by atoms with van der Waals surface area (Å²) >= 11 is 0. The van der Waals surface area contributed by atoms with Crippen molar-refractivity contribution in [3.63, 3.8) is 0 Å². The van der Waals surface area contributed by atoms with Gasteiger partial charge in [0, 0.05) is 6.54 Å². The number of carboxylic acid groups (broad SMARTS) is 1. The van der Waals surface area contributed by atoms with Gasteiger partial charge in [-0.15, -0.1) is 0 Å². The minimum Gasteiger partial charge on any atom is -0.475 e. The quantitative estimate of drug-likeness (QED) is 0.839. The van der Waals surface area contributed by atoms with Gasteiger partial charge < -0.3 is 10.4 Å². The van der Waals surface area contributed by atoms with E-state index in [0.29, 0.717) is 0 Å². The molecule has 1 amide bonds. The zero-order chi connectivity index (χ0) is 15.8. The number of hydrogen-bond acceptors (Lipinski definition) is 2. The third-order valence-electron chi connectivity index (χ3n) is 1.77. The Bertz CT molecular complexity index is 444. The number of carbonyl (C=O) groups excluding carboxylic acids is 1. The molecule has 0 aliphatic rings. The molecule has 2 N–H and O–H groups in total. The van der Waals surface area contributed by atoms with E-state index in [9.17, 15) is 26.7 Å². The van der Waals surface area contributed by atoms with Crippen molar-refractivity contribution < 1.29 is 36.6 Å². The van der Waals surface area contributed by atoms with Gasteiger partial charge in [0.05, 0.1) is 0 Å². The summed E-state index contributed by atoms with van der Waals surface area (Å²) in [6, 6.07) is 5.65. The molecule has 9 heteroatoms. The summed E-state index contributed by atoms with van der Waals surface area (Å²) in [6.07, 6.45) is -5.08. The molecule has 0 atom stereocenters. The molecule has 1 rings (SSSR count). The third kappa shape index (κ3) is 8.01. The summed E-state index contributed by atoms with van der Waals surface area (Å²) in [5.74, 6) is -3.75. The van der Waals surface area contributed by atoms with Crippen LogP contribution in [0.1, 0.15) is 5.56 Å². The van der Waals surface area contributed by atoms with Gasteiger partial charge in [-0.1, -0.05) is 12.1 Å². The lowest BCUT2D eigenvalue weighted by Gasteiger charge is -2.01. The highest BCUT2D eigenvalue weighted by molar-refractivity contribution is 5.76. The van der Waals surface area contributed by atoms with Crippen molar-refractivity contribution in [1.29, 1.82) is 0 Å². The maximum Gasteiger partial charge on any atom is 0.490 e. The average Bonchev–Trinajstić information content (AvgIpc) is 2.37. The van der Waals surface area contributed by atoms with E-state index in [1.165, 1.54) is 24.3 Å². The van der Waals surface area contributed by atoms with E-state index >= 15 is 0 Å². The summed E-state index contributed by atoms with van der Waals surface area (Å²) in [5, 5.41) is 9.46. The molecular formula is C11H10F5NO3. The number of rotatable bonds is 3. The number of nitrogens with one attached hydrogen (secondary N) is 1. The first kappa shape index (κ1) is 17.8. The molecule has 0 fully saturated rings. The Kier molecular flexibility index (Phi) is 7.19. The summed E-state index contributed by atoms with van der Waals surface area (Å²) in [4.78, 5) is 19.4. The van der Waals surface area contributed by atoms with Crippen LogP contribution in [0.4, 0.5) is 22.0 Å². The van der Waals surface area contributed by atoms with Crippen LogP contribution < -0.4 is 5.32 Å². The number of halogens is 5. The molecular weight excluding hydrogens is 289 g/mol. The molecule has 0 saturated carbocycles. The van der Waals surface area contributed by atoms with E-state index < -0.39 is 24.7 Å². The highest BCUT2D eigenvalue weighted by atomic mass is 19.4. The molecule has 112 valence electrons. The first-order valence-electron chi connectivity index (χ1n) is 5.04. The SMILES string of the molecule is O=C(CF)NCc1ccc(F)cc1.O=C(O)C(F)(F)F. The van der Waals surface area contributed by atoms with Crippen molar-refractivity contribution in [3.05, 3.63) is 35.6 Å². The zero-order valence-electron chi connectivity index (χ0n) is 9.88. The van der Waals surface area contributed by atoms with Crippen molar-refractivity contribution in [2.45, 2.75) is 12.7 Å². The fraction of sp³-hybridized carbons (Fsp3) is 0.273. The maximum absolute atomic E-state index is 12.4. The largest absolute Gasteiger partial charge is 0.490 e. The van der Waals surface area contributed by atoms with Gasteiger partial charge in [-0.3, -0.25) is 4.79 Å². The second-order valence-electron chi connectivity index (χ2n) is 3.34. The molecule has 1 aromatic rings. The topological polar surface area (TPSA) is 66.4 Å². The van der Waals surface area contributed by atoms with E-state index in [2.05, 4.69) is 5.32 Å². The van der Waals surface area contributed by atoms with Crippen molar-refractivity contribution in [2.75, 3.05) is 6.67 Å². The summed E-state index contributed by atoms with van der Waals surface area (Å²) in [7, 11) is 0. The lowest BCUT2D eigenvalue weighted by Crippen LogP contribution is -2.23. The van der Waals surface area contributed by atoms with Gasteiger partial charge >= 0.3 is 12.1 Å². The fourth-order valence-corrected chi connectivity index (χ4v) is 0.850. The van der Waals surface area contributed by atoms with Gasteiger partial charge in [0.2, 0.25) is 0 Å². The fourth-order valence-electron chi connectivity index (χ4n) is 0.850. The van der Waals surface area contributed by atoms with Crippen LogP contribution in [0.2, 0.25) is 0 Å². The number of benzene rings is 1. The zero-order valence-corrected chi connectivity index (χ0v) is 9.88. The van der Waals surface area contributed by atoms with Crippen LogP contribution in [0.25, 0.3) is 0 Å². The van der Waals surface area contributed by atoms with Crippen LogP contribution in [-0.4, -0.2) is 29.8 Å². The third-order valence-corrected chi connectivity index (χ3v) is 1.77. The predicted molar refractivity (Wildman–Crippen MR) is 57.9 cm³/mol. The Balaban J connectivity index is 0.000000441. The van der Waals surface area contributed by atoms with Gasteiger partial charge in [-0.2, -0.15) is 13.2 Å². The number of alkyl halides is 4. The van der Waals surface area contributed by atoms with E-state index in [0.717, 1.165) is 5.56 Å². The van der Waals surface area contributed by atoms with E-state index in [1.54, 1.807) is 0 Å².